The fourth-order valence-corrected chi connectivity index (χ4v) is 2.86. The molecule has 1 aliphatic rings. The van der Waals surface area contributed by atoms with E-state index in [0.29, 0.717) is 0 Å². The highest BCUT2D eigenvalue weighted by molar-refractivity contribution is 6.08. The predicted octanol–water partition coefficient (Wildman–Crippen LogP) is -1.89. The number of ether oxygens (including phenoxy) is 1. The number of anilines is 1. The van der Waals surface area contributed by atoms with Gasteiger partial charge < -0.3 is 36.1 Å². The van der Waals surface area contributed by atoms with Crippen molar-refractivity contribution >= 4 is 22.8 Å². The summed E-state index contributed by atoms with van der Waals surface area (Å²) in [5.41, 5.74) is 9.71. The molecular formula is C13H17N5O5. The summed E-state index contributed by atoms with van der Waals surface area (Å²) in [5.74, 6) is -0.688. The third kappa shape index (κ3) is 2.15. The molecule has 3 heterocycles. The number of aliphatic hydroxyl groups excluding tert-OH is 2. The molecule has 0 aromatic carbocycles. The van der Waals surface area contributed by atoms with Crippen LogP contribution < -0.4 is 11.5 Å². The molecular weight excluding hydrogens is 306 g/mol. The first-order chi connectivity index (χ1) is 10.8. The second-order valence-corrected chi connectivity index (χ2v) is 5.65. The first-order valence-electron chi connectivity index (χ1n) is 6.86. The number of aromatic nitrogens is 3. The Labute approximate surface area is 130 Å². The van der Waals surface area contributed by atoms with Crippen LogP contribution in [0.5, 0.6) is 0 Å². The molecule has 0 radical (unpaired) electrons. The van der Waals surface area contributed by atoms with Gasteiger partial charge >= 0.3 is 0 Å². The molecule has 0 spiro atoms. The van der Waals surface area contributed by atoms with Gasteiger partial charge in [-0.1, -0.05) is 0 Å². The lowest BCUT2D eigenvalue weighted by Gasteiger charge is -2.27. The van der Waals surface area contributed by atoms with Crippen LogP contribution in [-0.2, 0) is 4.74 Å². The average Bonchev–Trinajstić information content (AvgIpc) is 2.97. The van der Waals surface area contributed by atoms with Gasteiger partial charge in [0.25, 0.3) is 5.91 Å². The van der Waals surface area contributed by atoms with Crippen molar-refractivity contribution in [3.8, 4) is 0 Å². The Bertz CT molecular complexity index is 773. The lowest BCUT2D eigenvalue weighted by molar-refractivity contribution is -0.0948. The summed E-state index contributed by atoms with van der Waals surface area (Å²) in [4.78, 5) is 19.5. The van der Waals surface area contributed by atoms with E-state index in [4.69, 9.17) is 16.2 Å². The fraction of sp³-hybridized carbons (Fsp3) is 0.462. The Morgan fingerprint density at radius 3 is 2.78 bits per heavy atom. The van der Waals surface area contributed by atoms with Gasteiger partial charge in [-0.15, -0.1) is 0 Å². The maximum atomic E-state index is 11.6. The number of carbonyl (C=O) groups is 1. The van der Waals surface area contributed by atoms with Crippen molar-refractivity contribution in [3.63, 3.8) is 0 Å². The molecule has 7 N–H and O–H groups in total. The van der Waals surface area contributed by atoms with Crippen LogP contribution in [-0.4, -0.2) is 60.2 Å². The van der Waals surface area contributed by atoms with Gasteiger partial charge in [-0.05, 0) is 6.92 Å². The second kappa shape index (κ2) is 5.13. The van der Waals surface area contributed by atoms with Gasteiger partial charge in [0, 0.05) is 6.20 Å². The summed E-state index contributed by atoms with van der Waals surface area (Å²) in [6, 6.07) is 0. The van der Waals surface area contributed by atoms with Crippen molar-refractivity contribution in [1.29, 1.82) is 0 Å². The molecule has 10 nitrogen and oxygen atoms in total. The number of fused-ring (bicyclic) bond motifs is 1. The number of aliphatic hydroxyl groups is 3. The lowest BCUT2D eigenvalue weighted by atomic mass is 9.96. The van der Waals surface area contributed by atoms with E-state index in [9.17, 15) is 20.1 Å². The third-order valence-electron chi connectivity index (χ3n) is 4.09. The first kappa shape index (κ1) is 15.6. The highest BCUT2D eigenvalue weighted by Gasteiger charge is 2.53. The van der Waals surface area contributed by atoms with Crippen LogP contribution in [0.4, 0.5) is 5.82 Å². The predicted molar refractivity (Wildman–Crippen MR) is 78.1 cm³/mol. The van der Waals surface area contributed by atoms with E-state index in [1.165, 1.54) is 24.0 Å². The maximum absolute atomic E-state index is 11.6. The largest absolute Gasteiger partial charge is 0.394 e. The smallest absolute Gasteiger partial charge is 0.251 e. The summed E-state index contributed by atoms with van der Waals surface area (Å²) in [6.07, 6.45) is -0.874. The van der Waals surface area contributed by atoms with Gasteiger partial charge in [0.1, 0.15) is 35.6 Å². The number of rotatable bonds is 3. The Balaban J connectivity index is 2.21. The van der Waals surface area contributed by atoms with Gasteiger partial charge in [0.2, 0.25) is 0 Å². The minimum absolute atomic E-state index is 0.0550. The topological polar surface area (TPSA) is 170 Å². The Kier molecular flexibility index (Phi) is 3.48. The quantitative estimate of drug-likeness (QED) is 0.436. The summed E-state index contributed by atoms with van der Waals surface area (Å²) < 4.78 is 6.88. The molecule has 0 saturated carbocycles. The van der Waals surface area contributed by atoms with E-state index in [-0.39, 0.29) is 22.4 Å². The third-order valence-corrected chi connectivity index (χ3v) is 4.09. The maximum Gasteiger partial charge on any atom is 0.251 e. The van der Waals surface area contributed by atoms with Gasteiger partial charge in [0.15, 0.2) is 6.23 Å². The van der Waals surface area contributed by atoms with E-state index in [2.05, 4.69) is 9.97 Å². The molecule has 0 bridgehead atoms. The number of carbonyl (C=O) groups excluding carboxylic acids is 1. The van der Waals surface area contributed by atoms with E-state index < -0.39 is 36.6 Å². The number of hydrogen-bond donors (Lipinski definition) is 5. The molecule has 10 heteroatoms. The van der Waals surface area contributed by atoms with Crippen molar-refractivity contribution in [2.75, 3.05) is 12.3 Å². The highest BCUT2D eigenvalue weighted by atomic mass is 16.6. The molecule has 124 valence electrons. The second-order valence-electron chi connectivity index (χ2n) is 5.65. The van der Waals surface area contributed by atoms with Crippen LogP contribution in [0.15, 0.2) is 12.5 Å². The van der Waals surface area contributed by atoms with Crippen LogP contribution in [0.2, 0.25) is 0 Å². The van der Waals surface area contributed by atoms with Crippen molar-refractivity contribution in [2.45, 2.75) is 31.0 Å². The number of hydrogen-bond acceptors (Lipinski definition) is 8. The zero-order valence-corrected chi connectivity index (χ0v) is 12.2. The van der Waals surface area contributed by atoms with Crippen molar-refractivity contribution in [2.24, 2.45) is 5.73 Å². The Hall–Kier alpha value is -2.27. The zero-order valence-electron chi connectivity index (χ0n) is 12.2. The standard InChI is InChI=1S/C13H17N5O5/c1-13(22)8(20)6(3-19)23-12(13)18-2-5(10(15)21)7-9(14)16-4-17-11(7)18/h2,4,6,8,12,19-20,22H,3H2,1H3,(H2,15,21)(H2,14,16,17)/t6-,8-,12-,13-/m0/s1. The van der Waals surface area contributed by atoms with Gasteiger partial charge in [-0.25, -0.2) is 9.97 Å². The fourth-order valence-electron chi connectivity index (χ4n) is 2.86. The monoisotopic (exact) mass is 323 g/mol. The van der Waals surface area contributed by atoms with Crippen molar-refractivity contribution in [1.82, 2.24) is 14.5 Å². The van der Waals surface area contributed by atoms with Crippen molar-refractivity contribution in [3.05, 3.63) is 18.1 Å². The number of amides is 1. The van der Waals surface area contributed by atoms with E-state index in [0.717, 1.165) is 0 Å². The molecule has 1 fully saturated rings. The van der Waals surface area contributed by atoms with Gasteiger partial charge in [-0.2, -0.15) is 0 Å². The molecule has 23 heavy (non-hydrogen) atoms. The number of nitrogens with two attached hydrogens (primary N) is 2. The highest BCUT2D eigenvalue weighted by Crippen LogP contribution is 2.40. The number of nitrogen functional groups attached to an aromatic ring is 1. The van der Waals surface area contributed by atoms with Crippen LogP contribution in [0.3, 0.4) is 0 Å². The SMILES string of the molecule is C[C@@]1(O)[C@@H](n2cc(C(N)=O)c3c(N)ncnc32)O[C@@H](CO)[C@@H]1O. The number of nitrogens with zero attached hydrogens (tertiary/aromatic N) is 3. The summed E-state index contributed by atoms with van der Waals surface area (Å²) in [6.45, 7) is 0.880. The molecule has 2 aromatic rings. The normalized spacial score (nSPS) is 30.9. The van der Waals surface area contributed by atoms with Gasteiger partial charge in [-0.3, -0.25) is 4.79 Å². The Morgan fingerprint density at radius 1 is 1.52 bits per heavy atom. The molecule has 3 rings (SSSR count). The lowest BCUT2D eigenvalue weighted by Crippen LogP contribution is -2.44. The van der Waals surface area contributed by atoms with E-state index >= 15 is 0 Å². The molecule has 1 amide bonds. The minimum atomic E-state index is -1.73. The summed E-state index contributed by atoms with van der Waals surface area (Å²) in [5, 5.41) is 30.1. The zero-order chi connectivity index (χ0) is 16.9. The van der Waals surface area contributed by atoms with Crippen LogP contribution in [0.25, 0.3) is 11.0 Å². The molecule has 1 aliphatic heterocycles. The first-order valence-corrected chi connectivity index (χ1v) is 6.86. The van der Waals surface area contributed by atoms with E-state index in [1.54, 1.807) is 0 Å². The molecule has 4 atom stereocenters. The summed E-state index contributed by atoms with van der Waals surface area (Å²) in [7, 11) is 0. The minimum Gasteiger partial charge on any atom is -0.394 e. The Morgan fingerprint density at radius 2 is 2.22 bits per heavy atom. The molecule has 0 unspecified atom stereocenters. The van der Waals surface area contributed by atoms with Crippen molar-refractivity contribution < 1.29 is 24.9 Å². The van der Waals surface area contributed by atoms with E-state index in [1.807, 2.05) is 0 Å². The molecule has 2 aromatic heterocycles. The number of primary amides is 1. The van der Waals surface area contributed by atoms with Crippen LogP contribution in [0, 0.1) is 0 Å². The van der Waals surface area contributed by atoms with Gasteiger partial charge in [0.05, 0.1) is 17.6 Å². The average molecular weight is 323 g/mol. The molecule has 0 aliphatic carbocycles. The van der Waals surface area contributed by atoms with Crippen LogP contribution in [0.1, 0.15) is 23.5 Å². The molecule has 1 saturated heterocycles. The van der Waals surface area contributed by atoms with Crippen LogP contribution >= 0.6 is 0 Å². The summed E-state index contributed by atoms with van der Waals surface area (Å²) >= 11 is 0.